The number of primary amides is 1. The highest BCUT2D eigenvalue weighted by molar-refractivity contribution is 5.78. The first-order valence-corrected chi connectivity index (χ1v) is 11.5. The van der Waals surface area contributed by atoms with Gasteiger partial charge < -0.3 is 16.4 Å². The van der Waals surface area contributed by atoms with E-state index in [0.29, 0.717) is 54.8 Å². The Bertz CT molecular complexity index is 1170. The van der Waals surface area contributed by atoms with E-state index >= 15 is 0 Å². The van der Waals surface area contributed by atoms with E-state index in [1.807, 2.05) is 4.57 Å². The van der Waals surface area contributed by atoms with Crippen LogP contribution in [0.1, 0.15) is 57.4 Å². The van der Waals surface area contributed by atoms with Crippen LogP contribution in [0.25, 0.3) is 11.2 Å². The van der Waals surface area contributed by atoms with Crippen LogP contribution in [0.15, 0.2) is 24.4 Å². The maximum absolute atomic E-state index is 14.4. The number of rotatable bonds is 6. The lowest BCUT2D eigenvalue weighted by molar-refractivity contribution is -0.122. The molecular weight excluding hydrogens is 428 g/mol. The number of imidazole rings is 1. The van der Waals surface area contributed by atoms with Crippen LogP contribution in [-0.2, 0) is 4.79 Å². The summed E-state index contributed by atoms with van der Waals surface area (Å²) in [5.41, 5.74) is 6.68. The summed E-state index contributed by atoms with van der Waals surface area (Å²) in [6.45, 7) is 0. The maximum Gasteiger partial charge on any atom is 0.224 e. The Kier molecular flexibility index (Phi) is 5.82. The first-order chi connectivity index (χ1) is 16.0. The third-order valence-corrected chi connectivity index (χ3v) is 6.78. The van der Waals surface area contributed by atoms with Crippen molar-refractivity contribution in [2.45, 2.75) is 63.5 Å². The number of aromatic nitrogens is 4. The zero-order valence-corrected chi connectivity index (χ0v) is 18.2. The van der Waals surface area contributed by atoms with E-state index in [2.05, 4.69) is 20.6 Å². The number of nitrogens with two attached hydrogens (primary N) is 1. The predicted molar refractivity (Wildman–Crippen MR) is 121 cm³/mol. The Morgan fingerprint density at radius 3 is 2.55 bits per heavy atom. The number of carbonyl (C=O) groups is 1. The number of amides is 1. The lowest BCUT2D eigenvalue weighted by atomic mass is 9.85. The number of carbonyl (C=O) groups excluding carboxylic acids is 1. The Morgan fingerprint density at radius 1 is 1.06 bits per heavy atom. The summed E-state index contributed by atoms with van der Waals surface area (Å²) in [4.78, 5) is 25.4. The van der Waals surface area contributed by atoms with Gasteiger partial charge in [0.2, 0.25) is 17.8 Å². The minimum absolute atomic E-state index is 0.00496. The van der Waals surface area contributed by atoms with Crippen molar-refractivity contribution in [3.8, 4) is 0 Å². The molecule has 8 nitrogen and oxygen atoms in total. The van der Waals surface area contributed by atoms with Gasteiger partial charge in [0.05, 0.1) is 11.9 Å². The fraction of sp³-hybridized carbons (Fsp3) is 0.478. The zero-order valence-electron chi connectivity index (χ0n) is 18.2. The normalized spacial score (nSPS) is 21.4. The third-order valence-electron chi connectivity index (χ3n) is 6.78. The van der Waals surface area contributed by atoms with Crippen LogP contribution in [0.3, 0.4) is 0 Å². The molecule has 174 valence electrons. The first-order valence-electron chi connectivity index (χ1n) is 11.5. The number of halogens is 2. The lowest BCUT2D eigenvalue weighted by Crippen LogP contribution is -2.29. The average molecular weight is 456 g/mol. The molecule has 1 amide bonds. The number of benzene rings is 1. The first kappa shape index (κ1) is 21.5. The molecule has 10 heteroatoms. The maximum atomic E-state index is 14.4. The van der Waals surface area contributed by atoms with Crippen molar-refractivity contribution in [1.29, 1.82) is 0 Å². The van der Waals surface area contributed by atoms with Crippen LogP contribution in [0.4, 0.5) is 26.4 Å². The lowest BCUT2D eigenvalue weighted by Gasteiger charge is -2.29. The van der Waals surface area contributed by atoms with Crippen molar-refractivity contribution in [2.24, 2.45) is 11.7 Å². The standard InChI is InChI=1S/C23H27F2N7O/c24-16-6-3-7-17(19(16)25)29-23-30-18-12-27-22(28-14-4-1-2-5-14)31-21(18)32(23)15-10-8-13(9-11-15)20(26)33/h3,6-7,12-15H,1-2,4-5,8-11H2,(H2,26,33)(H,29,30)(H,27,28,31)/t13-,15-. The van der Waals surface area contributed by atoms with Gasteiger partial charge in [-0.25, -0.2) is 18.7 Å². The van der Waals surface area contributed by atoms with Crippen LogP contribution >= 0.6 is 0 Å². The van der Waals surface area contributed by atoms with E-state index in [1.54, 1.807) is 6.20 Å². The summed E-state index contributed by atoms with van der Waals surface area (Å²) >= 11 is 0. The number of anilines is 3. The van der Waals surface area contributed by atoms with Crippen molar-refractivity contribution >= 4 is 34.7 Å². The zero-order chi connectivity index (χ0) is 22.9. The molecule has 2 saturated carbocycles. The molecule has 3 aromatic rings. The van der Waals surface area contributed by atoms with Crippen molar-refractivity contribution in [3.63, 3.8) is 0 Å². The Hall–Kier alpha value is -3.30. The van der Waals surface area contributed by atoms with Crippen LogP contribution in [-0.4, -0.2) is 31.5 Å². The number of hydrogen-bond acceptors (Lipinski definition) is 6. The molecule has 4 N–H and O–H groups in total. The molecule has 0 unspecified atom stereocenters. The van der Waals surface area contributed by atoms with Crippen molar-refractivity contribution in [1.82, 2.24) is 19.5 Å². The Labute approximate surface area is 190 Å². The third kappa shape index (κ3) is 4.34. The molecule has 2 heterocycles. The number of hydrogen-bond donors (Lipinski definition) is 3. The van der Waals surface area contributed by atoms with Crippen molar-refractivity contribution < 1.29 is 13.6 Å². The van der Waals surface area contributed by atoms with Crippen molar-refractivity contribution in [3.05, 3.63) is 36.0 Å². The van der Waals surface area contributed by atoms with E-state index in [1.165, 1.54) is 25.0 Å². The van der Waals surface area contributed by atoms with E-state index < -0.39 is 11.6 Å². The van der Waals surface area contributed by atoms with Crippen molar-refractivity contribution in [2.75, 3.05) is 10.6 Å². The topological polar surface area (TPSA) is 111 Å². The number of fused-ring (bicyclic) bond motifs is 1. The van der Waals surface area contributed by atoms with Gasteiger partial charge in [-0.15, -0.1) is 0 Å². The second-order valence-electron chi connectivity index (χ2n) is 8.97. The van der Waals surface area contributed by atoms with E-state index in [-0.39, 0.29) is 23.6 Å². The smallest absolute Gasteiger partial charge is 0.224 e. The summed E-state index contributed by atoms with van der Waals surface area (Å²) in [6, 6.07) is 4.31. The summed E-state index contributed by atoms with van der Waals surface area (Å²) in [5.74, 6) is -1.44. The summed E-state index contributed by atoms with van der Waals surface area (Å²) in [5, 5.41) is 6.36. The van der Waals surface area contributed by atoms with Gasteiger partial charge in [0, 0.05) is 18.0 Å². The van der Waals surface area contributed by atoms with Crippen LogP contribution < -0.4 is 16.4 Å². The minimum atomic E-state index is -0.969. The summed E-state index contributed by atoms with van der Waals surface area (Å²) in [6.07, 6.45) is 8.93. The van der Waals surface area contributed by atoms with Crippen LogP contribution in [0.2, 0.25) is 0 Å². The molecular formula is C23H27F2N7O. The molecule has 0 bridgehead atoms. The molecule has 5 rings (SSSR count). The molecule has 0 saturated heterocycles. The molecule has 0 spiro atoms. The van der Waals surface area contributed by atoms with Gasteiger partial charge in [-0.3, -0.25) is 9.36 Å². The van der Waals surface area contributed by atoms with E-state index in [9.17, 15) is 13.6 Å². The Morgan fingerprint density at radius 2 is 1.82 bits per heavy atom. The SMILES string of the molecule is NC(=O)[C@H]1CC[C@H](n2c(Nc3cccc(F)c3F)nc3cnc(NC4CCCC4)nc32)CC1. The largest absolute Gasteiger partial charge is 0.369 e. The van der Waals surface area contributed by atoms with Gasteiger partial charge in [0.15, 0.2) is 17.3 Å². The molecule has 33 heavy (non-hydrogen) atoms. The van der Waals surface area contributed by atoms with E-state index in [0.717, 1.165) is 18.9 Å². The van der Waals surface area contributed by atoms with Gasteiger partial charge in [0.25, 0.3) is 0 Å². The monoisotopic (exact) mass is 455 g/mol. The molecule has 2 aromatic heterocycles. The highest BCUT2D eigenvalue weighted by Crippen LogP contribution is 2.37. The molecule has 2 aliphatic rings. The summed E-state index contributed by atoms with van der Waals surface area (Å²) in [7, 11) is 0. The second-order valence-corrected chi connectivity index (χ2v) is 8.97. The van der Waals surface area contributed by atoms with Crippen LogP contribution in [0, 0.1) is 17.6 Å². The predicted octanol–water partition coefficient (Wildman–Crippen LogP) is 4.42. The minimum Gasteiger partial charge on any atom is -0.369 e. The molecule has 1 aromatic carbocycles. The number of nitrogens with zero attached hydrogens (tertiary/aromatic N) is 4. The molecule has 2 fully saturated rings. The fourth-order valence-corrected chi connectivity index (χ4v) is 4.99. The quantitative estimate of drug-likeness (QED) is 0.508. The highest BCUT2D eigenvalue weighted by atomic mass is 19.2. The highest BCUT2D eigenvalue weighted by Gasteiger charge is 2.29. The molecule has 0 aliphatic heterocycles. The van der Waals surface area contributed by atoms with E-state index in [4.69, 9.17) is 10.7 Å². The van der Waals surface area contributed by atoms with Gasteiger partial charge in [-0.2, -0.15) is 4.98 Å². The summed E-state index contributed by atoms with van der Waals surface area (Å²) < 4.78 is 30.1. The number of nitrogens with one attached hydrogen (secondary N) is 2. The second kappa shape index (κ2) is 8.92. The fourth-order valence-electron chi connectivity index (χ4n) is 4.99. The Balaban J connectivity index is 1.52. The van der Waals surface area contributed by atoms with Gasteiger partial charge in [-0.05, 0) is 50.7 Å². The van der Waals surface area contributed by atoms with Gasteiger partial charge in [0.1, 0.15) is 5.52 Å². The average Bonchev–Trinajstić information content (AvgIpc) is 3.44. The van der Waals surface area contributed by atoms with Gasteiger partial charge >= 0.3 is 0 Å². The van der Waals surface area contributed by atoms with Gasteiger partial charge in [-0.1, -0.05) is 18.9 Å². The molecule has 0 atom stereocenters. The molecule has 2 aliphatic carbocycles. The molecule has 0 radical (unpaired) electrons. The van der Waals surface area contributed by atoms with Crippen LogP contribution in [0.5, 0.6) is 0 Å².